The first-order valence-electron chi connectivity index (χ1n) is 2.53. The second-order valence-electron chi connectivity index (χ2n) is 1.77. The summed E-state index contributed by atoms with van der Waals surface area (Å²) in [6.45, 7) is 0. The van der Waals surface area contributed by atoms with E-state index < -0.39 is 16.1 Å². The lowest BCUT2D eigenvalue weighted by molar-refractivity contribution is 0.174. The maximum atomic E-state index is 10.4. The van der Waals surface area contributed by atoms with Gasteiger partial charge in [0, 0.05) is 5.88 Å². The highest BCUT2D eigenvalue weighted by Crippen LogP contribution is 2.50. The van der Waals surface area contributed by atoms with E-state index in [0.29, 0.717) is 0 Å². The fourth-order valence-electron chi connectivity index (χ4n) is 0.306. The van der Waals surface area contributed by atoms with Crippen molar-refractivity contribution in [1.29, 1.82) is 0 Å². The van der Waals surface area contributed by atoms with Crippen molar-refractivity contribution in [1.82, 2.24) is 0 Å². The molecule has 0 spiro atoms. The summed E-state index contributed by atoms with van der Waals surface area (Å²) in [6.07, 6.45) is 0. The Kier molecular flexibility index (Phi) is 5.85. The van der Waals surface area contributed by atoms with Crippen molar-refractivity contribution < 1.29 is 18.9 Å². The zero-order valence-electron chi connectivity index (χ0n) is 5.45. The largest absolute Gasteiger partial charge is 0.471 e. The van der Waals surface area contributed by atoms with Crippen LogP contribution in [0.25, 0.3) is 0 Å². The predicted octanol–water partition coefficient (Wildman–Crippen LogP) is 2.54. The van der Waals surface area contributed by atoms with Crippen molar-refractivity contribution in [3.05, 3.63) is 0 Å². The molecule has 0 heterocycles. The number of phosphoric ester groups is 1. The van der Waals surface area contributed by atoms with Crippen molar-refractivity contribution in [2.24, 2.45) is 0 Å². The molecule has 1 unspecified atom stereocenters. The Hall–Kier alpha value is 1.84. The van der Waals surface area contributed by atoms with E-state index in [1.54, 1.807) is 0 Å². The molecule has 4 nitrogen and oxygen atoms in total. The first kappa shape index (κ1) is 13.8. The topological polar surface area (TPSA) is 66.8 Å². The molecule has 0 bridgehead atoms. The first-order valence-corrected chi connectivity index (χ1v) is 7.10. The normalized spacial score (nSPS) is 16.2. The predicted molar refractivity (Wildman–Crippen MR) is 57.1 cm³/mol. The number of hydrogen-bond donors (Lipinski definition) is 2. The van der Waals surface area contributed by atoms with Gasteiger partial charge >= 0.3 is 7.82 Å². The molecule has 0 amide bonds. The molecule has 1 atom stereocenters. The molecule has 0 aliphatic rings. The van der Waals surface area contributed by atoms with E-state index in [2.05, 4.69) is 52.3 Å². The van der Waals surface area contributed by atoms with Gasteiger partial charge in [-0.1, -0.05) is 15.9 Å². The Morgan fingerprint density at radius 2 is 2.00 bits per heavy atom. The van der Waals surface area contributed by atoms with Crippen molar-refractivity contribution in [3.8, 4) is 0 Å². The molecule has 0 aromatic carbocycles. The van der Waals surface area contributed by atoms with Gasteiger partial charge in [-0.3, -0.25) is 4.52 Å². The Morgan fingerprint density at radius 3 is 2.25 bits per heavy atom. The summed E-state index contributed by atoms with van der Waals surface area (Å²) in [4.78, 5) is 16.5. The van der Waals surface area contributed by atoms with E-state index in [-0.39, 0.29) is 5.88 Å². The van der Waals surface area contributed by atoms with Gasteiger partial charge < -0.3 is 9.79 Å². The van der Waals surface area contributed by atoms with E-state index in [1.807, 2.05) is 0 Å². The average Bonchev–Trinajstić information content (AvgIpc) is 1.80. The number of rotatable bonds is 4. The van der Waals surface area contributed by atoms with Crippen molar-refractivity contribution >= 4 is 67.2 Å². The van der Waals surface area contributed by atoms with Gasteiger partial charge in [-0.05, 0) is 31.9 Å². The van der Waals surface area contributed by atoms with Gasteiger partial charge in [0.05, 0.1) is 4.83 Å². The minimum Gasteiger partial charge on any atom is -0.303 e. The number of alkyl halides is 4. The highest BCUT2D eigenvalue weighted by Gasteiger charge is 2.38. The molecule has 0 aliphatic carbocycles. The summed E-state index contributed by atoms with van der Waals surface area (Å²) in [5.74, 6) is 0.122. The van der Waals surface area contributed by atoms with Gasteiger partial charge in [-0.25, -0.2) is 4.57 Å². The molecule has 0 saturated heterocycles. The van der Waals surface area contributed by atoms with Gasteiger partial charge in [-0.15, -0.1) is 11.6 Å². The van der Waals surface area contributed by atoms with Gasteiger partial charge in [0.15, 0.2) is 0 Å². The molecule has 2 N–H and O–H groups in total. The average molecular weight is 411 g/mol. The Labute approximate surface area is 99.6 Å². The van der Waals surface area contributed by atoms with E-state index in [4.69, 9.17) is 21.4 Å². The van der Waals surface area contributed by atoms with Crippen LogP contribution < -0.4 is 0 Å². The van der Waals surface area contributed by atoms with Gasteiger partial charge in [0.25, 0.3) is 0 Å². The van der Waals surface area contributed by atoms with E-state index >= 15 is 0 Å². The molecule has 74 valence electrons. The summed E-state index contributed by atoms with van der Waals surface area (Å²) in [6, 6.07) is 0. The molecule has 0 aromatic heterocycles. The summed E-state index contributed by atoms with van der Waals surface area (Å²) in [5.41, 5.74) is 0. The SMILES string of the molecule is O=P(O)(O)OC(Br)(Br)C(Br)CCl. The van der Waals surface area contributed by atoms with E-state index in [0.717, 1.165) is 0 Å². The standard InChI is InChI=1S/C3H5Br3ClO4P/c4-2(1-7)3(5,6)11-12(8,9)10/h2H,1H2,(H2,8,9,10). The number of halogens is 4. The van der Waals surface area contributed by atoms with Crippen LogP contribution in [0.1, 0.15) is 0 Å². The van der Waals surface area contributed by atoms with Crippen LogP contribution in [0.15, 0.2) is 0 Å². The summed E-state index contributed by atoms with van der Waals surface area (Å²) >= 11 is 14.3. The fourth-order valence-corrected chi connectivity index (χ4v) is 3.03. The minimum atomic E-state index is -4.54. The third-order valence-electron chi connectivity index (χ3n) is 0.741. The van der Waals surface area contributed by atoms with Gasteiger partial charge in [0.2, 0.25) is 3.42 Å². The van der Waals surface area contributed by atoms with Crippen LogP contribution in [0.4, 0.5) is 0 Å². The Bertz CT molecular complexity index is 194. The highest BCUT2D eigenvalue weighted by molar-refractivity contribution is 9.26. The molecule has 0 saturated carbocycles. The van der Waals surface area contributed by atoms with Crippen LogP contribution in [-0.2, 0) is 9.09 Å². The monoisotopic (exact) mass is 408 g/mol. The molecular weight excluding hydrogens is 406 g/mol. The number of hydrogen-bond acceptors (Lipinski definition) is 2. The van der Waals surface area contributed by atoms with Crippen LogP contribution in [0, 0.1) is 0 Å². The lowest BCUT2D eigenvalue weighted by Crippen LogP contribution is -2.28. The molecule has 0 fully saturated rings. The van der Waals surface area contributed by atoms with Crippen molar-refractivity contribution in [3.63, 3.8) is 0 Å². The smallest absolute Gasteiger partial charge is 0.303 e. The molecule has 12 heavy (non-hydrogen) atoms. The van der Waals surface area contributed by atoms with Crippen molar-refractivity contribution in [2.45, 2.75) is 8.25 Å². The maximum absolute atomic E-state index is 10.4. The molecule has 9 heteroatoms. The highest BCUT2D eigenvalue weighted by atomic mass is 79.9. The minimum absolute atomic E-state index is 0.122. The van der Waals surface area contributed by atoms with Crippen molar-refractivity contribution in [2.75, 3.05) is 5.88 Å². The second-order valence-corrected chi connectivity index (χ2v) is 7.76. The molecule has 0 aromatic rings. The van der Waals surface area contributed by atoms with E-state index in [1.165, 1.54) is 0 Å². The molecule has 0 aliphatic heterocycles. The summed E-state index contributed by atoms with van der Waals surface area (Å²) < 4.78 is 13.4. The third kappa shape index (κ3) is 5.54. The van der Waals surface area contributed by atoms with Crippen LogP contribution in [0.3, 0.4) is 0 Å². The lowest BCUT2D eigenvalue weighted by atomic mass is 10.5. The third-order valence-corrected chi connectivity index (χ3v) is 6.07. The molecule has 0 rings (SSSR count). The zero-order chi connectivity index (χ0) is 9.99. The summed E-state index contributed by atoms with van der Waals surface area (Å²) in [7, 11) is -4.54. The van der Waals surface area contributed by atoms with E-state index in [9.17, 15) is 4.57 Å². The maximum Gasteiger partial charge on any atom is 0.471 e. The van der Waals surface area contributed by atoms with Crippen LogP contribution in [0.5, 0.6) is 0 Å². The molecule has 0 radical (unpaired) electrons. The van der Waals surface area contributed by atoms with Crippen LogP contribution in [0.2, 0.25) is 0 Å². The van der Waals surface area contributed by atoms with Gasteiger partial charge in [0.1, 0.15) is 0 Å². The first-order chi connectivity index (χ1) is 5.19. The lowest BCUT2D eigenvalue weighted by Gasteiger charge is -2.24. The zero-order valence-corrected chi connectivity index (χ0v) is 11.9. The Morgan fingerprint density at radius 1 is 1.58 bits per heavy atom. The van der Waals surface area contributed by atoms with Crippen LogP contribution >= 0.6 is 67.2 Å². The van der Waals surface area contributed by atoms with Gasteiger partial charge in [-0.2, -0.15) is 0 Å². The molecular formula is C3H5Br3ClO4P. The van der Waals surface area contributed by atoms with Crippen LogP contribution in [-0.4, -0.2) is 23.9 Å². The Balaban J connectivity index is 4.32. The number of phosphoric acid groups is 1. The summed E-state index contributed by atoms with van der Waals surface area (Å²) in [5, 5.41) is 0. The second kappa shape index (κ2) is 5.07. The quantitative estimate of drug-likeness (QED) is 0.552. The fraction of sp³-hybridized carbons (Fsp3) is 1.00.